The molecule has 0 spiro atoms. The first-order valence-corrected chi connectivity index (χ1v) is 9.75. The molecule has 26 heavy (non-hydrogen) atoms. The maximum Gasteiger partial charge on any atom is 0.223 e. The van der Waals surface area contributed by atoms with Crippen LogP contribution in [0, 0.1) is 16.7 Å². The van der Waals surface area contributed by atoms with Crippen molar-refractivity contribution in [2.45, 2.75) is 64.9 Å². The van der Waals surface area contributed by atoms with Gasteiger partial charge in [-0.2, -0.15) is 0 Å². The second-order valence-electron chi connectivity index (χ2n) is 9.20. The predicted molar refractivity (Wildman–Crippen MR) is 100 cm³/mol. The number of hydrogen-bond acceptors (Lipinski definition) is 4. The van der Waals surface area contributed by atoms with Gasteiger partial charge in [-0.15, -0.1) is 0 Å². The Bertz CT molecular complexity index is 791. The molecule has 1 heterocycles. The fourth-order valence-corrected chi connectivity index (χ4v) is 6.10. The highest BCUT2D eigenvalue weighted by molar-refractivity contribution is 6.21. The van der Waals surface area contributed by atoms with E-state index in [0.29, 0.717) is 23.6 Å². The van der Waals surface area contributed by atoms with Crippen molar-refractivity contribution in [3.05, 3.63) is 35.3 Å². The molecule has 4 rings (SSSR count). The third-order valence-electron chi connectivity index (χ3n) is 8.08. The molecule has 0 bridgehead atoms. The molecule has 4 heteroatoms. The van der Waals surface area contributed by atoms with Gasteiger partial charge in [0.1, 0.15) is 5.60 Å². The van der Waals surface area contributed by atoms with Gasteiger partial charge >= 0.3 is 0 Å². The molecule has 4 atom stereocenters. The van der Waals surface area contributed by atoms with Crippen molar-refractivity contribution in [2.75, 3.05) is 7.05 Å². The Labute approximate surface area is 155 Å². The summed E-state index contributed by atoms with van der Waals surface area (Å²) in [6.07, 6.45) is 7.27. The van der Waals surface area contributed by atoms with Gasteiger partial charge in [-0.25, -0.2) is 0 Å². The number of hydrogen-bond donors (Lipinski definition) is 1. The largest absolute Gasteiger partial charge is 0.482 e. The van der Waals surface area contributed by atoms with Crippen molar-refractivity contribution in [1.29, 1.82) is 0 Å². The molecule has 4 nitrogen and oxygen atoms in total. The molecule has 0 unspecified atom stereocenters. The van der Waals surface area contributed by atoms with E-state index in [-0.39, 0.29) is 28.2 Å². The van der Waals surface area contributed by atoms with Crippen molar-refractivity contribution in [2.24, 2.45) is 16.7 Å². The minimum absolute atomic E-state index is 0.0905. The zero-order valence-electron chi connectivity index (χ0n) is 16.3. The lowest BCUT2D eigenvalue weighted by molar-refractivity contribution is -0.191. The molecular weight excluding hydrogens is 326 g/mol. The summed E-state index contributed by atoms with van der Waals surface area (Å²) in [6, 6.07) is 0. The molecule has 3 aliphatic carbocycles. The van der Waals surface area contributed by atoms with Crippen LogP contribution in [0.25, 0.3) is 0 Å². The number of likely N-dealkylation sites (N-methyl/N-ethyl adjacent to an activating group) is 1. The van der Waals surface area contributed by atoms with Crippen LogP contribution in [0.5, 0.6) is 0 Å². The van der Waals surface area contributed by atoms with Crippen molar-refractivity contribution >= 4 is 11.6 Å². The Hall–Kier alpha value is -1.84. The van der Waals surface area contributed by atoms with E-state index >= 15 is 0 Å². The molecule has 0 aromatic carbocycles. The first kappa shape index (κ1) is 17.6. The maximum atomic E-state index is 12.9. The van der Waals surface area contributed by atoms with Crippen LogP contribution in [-0.2, 0) is 14.3 Å². The van der Waals surface area contributed by atoms with Crippen molar-refractivity contribution in [3.8, 4) is 0 Å². The van der Waals surface area contributed by atoms with Gasteiger partial charge in [-0.3, -0.25) is 9.59 Å². The SMILES string of the molecule is C=C1CCC[C@@H]2[C@@]1(C)CC[C@@]1(C)OC3=C(C[C@@]21C)C(=O)C(NC)=CC3=O. The van der Waals surface area contributed by atoms with Crippen LogP contribution < -0.4 is 5.32 Å². The number of rotatable bonds is 1. The summed E-state index contributed by atoms with van der Waals surface area (Å²) in [5, 5.41) is 2.87. The van der Waals surface area contributed by atoms with Crippen LogP contribution in [0.2, 0.25) is 0 Å². The normalized spacial score (nSPS) is 42.4. The van der Waals surface area contributed by atoms with Crippen LogP contribution in [0.3, 0.4) is 0 Å². The second kappa shape index (κ2) is 5.34. The molecule has 0 aromatic rings. The van der Waals surface area contributed by atoms with Gasteiger partial charge < -0.3 is 10.1 Å². The Morgan fingerprint density at radius 2 is 1.96 bits per heavy atom. The lowest BCUT2D eigenvalue weighted by atomic mass is 9.44. The maximum absolute atomic E-state index is 12.9. The number of allylic oxidation sites excluding steroid dienone is 3. The van der Waals surface area contributed by atoms with E-state index in [9.17, 15) is 9.59 Å². The highest BCUT2D eigenvalue weighted by Crippen LogP contribution is 2.67. The molecule has 0 saturated heterocycles. The van der Waals surface area contributed by atoms with Crippen LogP contribution in [-0.4, -0.2) is 24.2 Å². The Morgan fingerprint density at radius 1 is 1.23 bits per heavy atom. The highest BCUT2D eigenvalue weighted by atomic mass is 16.5. The summed E-state index contributed by atoms with van der Waals surface area (Å²) in [5.74, 6) is 0.420. The lowest BCUT2D eigenvalue weighted by Gasteiger charge is -2.64. The lowest BCUT2D eigenvalue weighted by Crippen LogP contribution is -2.62. The summed E-state index contributed by atoms with van der Waals surface area (Å²) in [5.41, 5.74) is 1.76. The Balaban J connectivity index is 1.82. The first-order chi connectivity index (χ1) is 12.2. The standard InChI is InChI=1S/C22H29NO3/c1-13-7-6-8-17-20(13,2)9-10-22(4)21(17,3)12-14-18(25)15(23-5)11-16(24)19(14)26-22/h11,17,23H,1,6-10,12H2,2-5H3/t17-,20+,21+,22-/m1/s1. The molecule has 2 fully saturated rings. The molecular formula is C22H29NO3. The van der Waals surface area contributed by atoms with Gasteiger partial charge in [0.15, 0.2) is 5.76 Å². The minimum Gasteiger partial charge on any atom is -0.482 e. The molecule has 2 saturated carbocycles. The van der Waals surface area contributed by atoms with Gasteiger partial charge in [0.25, 0.3) is 0 Å². The van der Waals surface area contributed by atoms with E-state index in [1.165, 1.54) is 11.6 Å². The average Bonchev–Trinajstić information content (AvgIpc) is 2.60. The van der Waals surface area contributed by atoms with E-state index < -0.39 is 5.60 Å². The third kappa shape index (κ3) is 2.02. The van der Waals surface area contributed by atoms with E-state index in [0.717, 1.165) is 32.1 Å². The summed E-state index contributed by atoms with van der Waals surface area (Å²) >= 11 is 0. The Kier molecular flexibility index (Phi) is 3.61. The number of Topliss-reactive ketones (excluding diaryl/α,β-unsaturated/α-hetero) is 1. The summed E-state index contributed by atoms with van der Waals surface area (Å²) in [7, 11) is 1.68. The number of ketones is 2. The van der Waals surface area contributed by atoms with Crippen LogP contribution in [0.1, 0.15) is 59.3 Å². The number of fused-ring (bicyclic) bond motifs is 3. The summed E-state index contributed by atoms with van der Waals surface area (Å²) < 4.78 is 6.40. The van der Waals surface area contributed by atoms with E-state index in [1.807, 2.05) is 0 Å². The van der Waals surface area contributed by atoms with Gasteiger partial charge in [0.2, 0.25) is 11.6 Å². The zero-order valence-corrected chi connectivity index (χ0v) is 16.3. The van der Waals surface area contributed by atoms with Gasteiger partial charge in [-0.1, -0.05) is 26.0 Å². The molecule has 0 aromatic heterocycles. The van der Waals surface area contributed by atoms with Gasteiger partial charge in [0, 0.05) is 24.1 Å². The highest BCUT2D eigenvalue weighted by Gasteiger charge is 2.64. The number of carbonyl (C=O) groups is 2. The summed E-state index contributed by atoms with van der Waals surface area (Å²) in [6.45, 7) is 11.2. The van der Waals surface area contributed by atoms with Crippen LogP contribution in [0.4, 0.5) is 0 Å². The van der Waals surface area contributed by atoms with Crippen molar-refractivity contribution in [3.63, 3.8) is 0 Å². The van der Waals surface area contributed by atoms with Gasteiger partial charge in [0.05, 0.1) is 5.70 Å². The number of nitrogens with one attached hydrogen (secondary N) is 1. The molecule has 1 N–H and O–H groups in total. The fraction of sp³-hybridized carbons (Fsp3) is 0.636. The predicted octanol–water partition coefficient (Wildman–Crippen LogP) is 3.84. The number of carbonyl (C=O) groups excluding carboxylic acids is 2. The average molecular weight is 355 g/mol. The smallest absolute Gasteiger partial charge is 0.223 e. The Morgan fingerprint density at radius 3 is 2.65 bits per heavy atom. The molecule has 1 aliphatic heterocycles. The quantitative estimate of drug-likeness (QED) is 0.574. The van der Waals surface area contributed by atoms with Crippen LogP contribution >= 0.6 is 0 Å². The van der Waals surface area contributed by atoms with E-state index in [1.54, 1.807) is 7.05 Å². The molecule has 140 valence electrons. The molecule has 4 aliphatic rings. The molecule has 0 radical (unpaired) electrons. The van der Waals surface area contributed by atoms with E-state index in [4.69, 9.17) is 4.74 Å². The molecule has 0 amide bonds. The van der Waals surface area contributed by atoms with Crippen LogP contribution in [0.15, 0.2) is 35.3 Å². The fourth-order valence-electron chi connectivity index (χ4n) is 6.10. The monoisotopic (exact) mass is 355 g/mol. The second-order valence-corrected chi connectivity index (χ2v) is 9.20. The number of ether oxygens (including phenoxy) is 1. The zero-order chi connectivity index (χ0) is 18.9. The van der Waals surface area contributed by atoms with Crippen molar-refractivity contribution in [1.82, 2.24) is 5.32 Å². The van der Waals surface area contributed by atoms with Crippen molar-refractivity contribution < 1.29 is 14.3 Å². The minimum atomic E-state index is -0.422. The first-order valence-electron chi connectivity index (χ1n) is 9.75. The summed E-state index contributed by atoms with van der Waals surface area (Å²) in [4.78, 5) is 25.5. The topological polar surface area (TPSA) is 55.4 Å². The third-order valence-corrected chi connectivity index (χ3v) is 8.08. The van der Waals surface area contributed by atoms with Gasteiger partial charge in [-0.05, 0) is 56.8 Å². The van der Waals surface area contributed by atoms with E-state index in [2.05, 4.69) is 32.7 Å².